The number of hydrogen-bond acceptors (Lipinski definition) is 10. The summed E-state index contributed by atoms with van der Waals surface area (Å²) in [4.78, 5) is 28.0. The fourth-order valence-corrected chi connectivity index (χ4v) is 5.06. The lowest BCUT2D eigenvalue weighted by Gasteiger charge is -2.30. The lowest BCUT2D eigenvalue weighted by molar-refractivity contribution is -0.170. The van der Waals surface area contributed by atoms with Crippen LogP contribution in [-0.4, -0.2) is 57.5 Å². The zero-order valence-electron chi connectivity index (χ0n) is 20.3. The van der Waals surface area contributed by atoms with Crippen molar-refractivity contribution in [2.45, 2.75) is 63.7 Å². The summed E-state index contributed by atoms with van der Waals surface area (Å²) in [7, 11) is -4.50. The number of carbonyl (C=O) groups is 1. The fraction of sp³-hybridized carbons (Fsp3) is 0.500. The van der Waals surface area contributed by atoms with Gasteiger partial charge in [0.05, 0.1) is 12.7 Å². The van der Waals surface area contributed by atoms with Gasteiger partial charge in [0, 0.05) is 12.6 Å². The number of halogens is 2. The van der Waals surface area contributed by atoms with E-state index in [1.165, 1.54) is 25.1 Å². The minimum atomic E-state index is -4.50. The highest BCUT2D eigenvalue weighted by molar-refractivity contribution is 7.52. The first-order chi connectivity index (χ1) is 17.3. The number of ether oxygens (including phenoxy) is 2. The van der Waals surface area contributed by atoms with E-state index in [4.69, 9.17) is 24.3 Å². The third-order valence-electron chi connectivity index (χ3n) is 5.27. The molecule has 2 aromatic rings. The number of anilines is 1. The predicted octanol–water partition coefficient (Wildman–Crippen LogP) is 2.24. The minimum Gasteiger partial charge on any atom is -0.462 e. The Balaban J connectivity index is 1.85. The number of nitrogens with two attached hydrogens (primary N) is 1. The maximum absolute atomic E-state index is 14.3. The summed E-state index contributed by atoms with van der Waals surface area (Å²) in [5.74, 6) is -0.812. The van der Waals surface area contributed by atoms with Crippen LogP contribution < -0.4 is 21.0 Å². The molecule has 204 valence electrons. The Morgan fingerprint density at radius 3 is 2.59 bits per heavy atom. The Labute approximate surface area is 211 Å². The van der Waals surface area contributed by atoms with Crippen molar-refractivity contribution in [1.82, 2.24) is 14.6 Å². The first-order valence-corrected chi connectivity index (χ1v) is 12.8. The van der Waals surface area contributed by atoms with Crippen LogP contribution in [0, 0.1) is 0 Å². The van der Waals surface area contributed by atoms with Crippen molar-refractivity contribution < 1.29 is 41.8 Å². The van der Waals surface area contributed by atoms with E-state index >= 15 is 0 Å². The number of nitrogens with zero attached hydrogens (tertiary/aromatic N) is 2. The van der Waals surface area contributed by atoms with Crippen LogP contribution >= 0.6 is 7.75 Å². The van der Waals surface area contributed by atoms with Crippen molar-refractivity contribution in [3.05, 3.63) is 53.1 Å². The summed E-state index contributed by atoms with van der Waals surface area (Å²) in [6.07, 6.45) is -6.34. The normalized spacial score (nSPS) is 24.1. The van der Waals surface area contributed by atoms with Gasteiger partial charge in [-0.05, 0) is 39.0 Å². The molecule has 0 spiro atoms. The van der Waals surface area contributed by atoms with Crippen LogP contribution in [0.2, 0.25) is 0 Å². The third-order valence-corrected chi connectivity index (χ3v) is 6.89. The van der Waals surface area contributed by atoms with Crippen LogP contribution in [0.5, 0.6) is 5.75 Å². The molecule has 37 heavy (non-hydrogen) atoms. The quantitative estimate of drug-likeness (QED) is 0.280. The van der Waals surface area contributed by atoms with E-state index < -0.39 is 68.9 Å². The number of benzene rings is 1. The number of para-hydroxylation sites is 1. The standard InChI is InChI=1S/C22H29F2N4O8P/c1-13(2)34-19(30)14(3)27-37(32,36-15-7-5-4-6-8-15)33-12-22(20(23)24)11-16(29)18(35-22)28-10-9-17(25)26-21(28)31/h4-10,13-14,16,18,20,29H,11-12H2,1-3H3,(H,27,32)(H2,25,26,31). The second-order valence-electron chi connectivity index (χ2n) is 8.70. The molecule has 1 aliphatic heterocycles. The molecule has 5 unspecified atom stereocenters. The zero-order valence-corrected chi connectivity index (χ0v) is 21.2. The monoisotopic (exact) mass is 546 g/mol. The molecule has 12 nitrogen and oxygen atoms in total. The Morgan fingerprint density at radius 2 is 2.00 bits per heavy atom. The number of aromatic nitrogens is 2. The second-order valence-corrected chi connectivity index (χ2v) is 10.4. The molecule has 3 rings (SSSR count). The van der Waals surface area contributed by atoms with E-state index in [0.29, 0.717) is 0 Å². The second kappa shape index (κ2) is 11.7. The molecule has 1 aromatic carbocycles. The van der Waals surface area contributed by atoms with Crippen LogP contribution in [0.4, 0.5) is 14.6 Å². The van der Waals surface area contributed by atoms with E-state index in [1.807, 2.05) is 0 Å². The SMILES string of the molecule is CC(C)OC(=O)C(C)NP(=O)(OCC1(C(F)F)CC(O)C(n2ccc(N)nc2=O)O1)Oc1ccccc1. The van der Waals surface area contributed by atoms with Crippen molar-refractivity contribution >= 4 is 19.5 Å². The molecule has 0 aliphatic carbocycles. The topological polar surface area (TPSA) is 164 Å². The highest BCUT2D eigenvalue weighted by Gasteiger charge is 2.55. The Bertz CT molecular complexity index is 1180. The van der Waals surface area contributed by atoms with E-state index in [-0.39, 0.29) is 11.6 Å². The molecular formula is C22H29F2N4O8P. The number of alkyl halides is 2. The van der Waals surface area contributed by atoms with Gasteiger partial charge in [-0.15, -0.1) is 0 Å². The predicted molar refractivity (Wildman–Crippen MR) is 127 cm³/mol. The first kappa shape index (κ1) is 28.7. The van der Waals surface area contributed by atoms with Gasteiger partial charge in [0.1, 0.15) is 23.7 Å². The van der Waals surface area contributed by atoms with Crippen LogP contribution in [0.1, 0.15) is 33.4 Å². The summed E-state index contributed by atoms with van der Waals surface area (Å²) in [6.45, 7) is 3.55. The van der Waals surface area contributed by atoms with Gasteiger partial charge in [-0.25, -0.2) is 18.1 Å². The van der Waals surface area contributed by atoms with Crippen molar-refractivity contribution in [3.63, 3.8) is 0 Å². The molecular weight excluding hydrogens is 517 g/mol. The molecule has 15 heteroatoms. The molecule has 0 saturated carbocycles. The minimum absolute atomic E-state index is 0.0682. The highest BCUT2D eigenvalue weighted by atomic mass is 31.2. The van der Waals surface area contributed by atoms with Gasteiger partial charge in [-0.3, -0.25) is 13.9 Å². The maximum Gasteiger partial charge on any atom is 0.459 e. The van der Waals surface area contributed by atoms with Crippen molar-refractivity contribution in [2.75, 3.05) is 12.3 Å². The van der Waals surface area contributed by atoms with Crippen LogP contribution in [-0.2, 0) is 23.4 Å². The average Bonchev–Trinajstić information content (AvgIpc) is 3.15. The average molecular weight is 546 g/mol. The zero-order chi connectivity index (χ0) is 27.4. The maximum atomic E-state index is 14.3. The molecule has 2 heterocycles. The molecule has 1 saturated heterocycles. The van der Waals surface area contributed by atoms with Gasteiger partial charge in [0.2, 0.25) is 0 Å². The van der Waals surface area contributed by atoms with Crippen LogP contribution in [0.15, 0.2) is 47.4 Å². The van der Waals surface area contributed by atoms with E-state index in [1.54, 1.807) is 32.0 Å². The Morgan fingerprint density at radius 1 is 1.32 bits per heavy atom. The summed E-state index contributed by atoms with van der Waals surface area (Å²) in [5.41, 5.74) is 2.05. The Kier molecular flexibility index (Phi) is 9.03. The third kappa shape index (κ3) is 7.11. The Hall–Kier alpha value is -2.90. The van der Waals surface area contributed by atoms with E-state index in [2.05, 4.69) is 10.1 Å². The molecule has 0 radical (unpaired) electrons. The van der Waals surface area contributed by atoms with Crippen LogP contribution in [0.3, 0.4) is 0 Å². The van der Waals surface area contributed by atoms with Gasteiger partial charge >= 0.3 is 19.4 Å². The van der Waals surface area contributed by atoms with Gasteiger partial charge < -0.3 is 24.8 Å². The number of rotatable bonds is 11. The van der Waals surface area contributed by atoms with E-state index in [0.717, 1.165) is 10.8 Å². The number of aliphatic hydroxyl groups excluding tert-OH is 1. The highest BCUT2D eigenvalue weighted by Crippen LogP contribution is 2.49. The molecule has 0 amide bonds. The van der Waals surface area contributed by atoms with E-state index in [9.17, 15) is 28.0 Å². The lowest BCUT2D eigenvalue weighted by Crippen LogP contribution is -2.44. The van der Waals surface area contributed by atoms with Gasteiger partial charge in [-0.2, -0.15) is 10.1 Å². The molecule has 1 aliphatic rings. The smallest absolute Gasteiger partial charge is 0.459 e. The number of hydrogen-bond donors (Lipinski definition) is 3. The van der Waals surface area contributed by atoms with Gasteiger partial charge in [0.25, 0.3) is 6.43 Å². The number of nitrogens with one attached hydrogen (secondary N) is 1. The number of esters is 1. The van der Waals surface area contributed by atoms with Crippen molar-refractivity contribution in [1.29, 1.82) is 0 Å². The van der Waals surface area contributed by atoms with Gasteiger partial charge in [-0.1, -0.05) is 18.2 Å². The molecule has 1 aromatic heterocycles. The molecule has 4 N–H and O–H groups in total. The molecule has 1 fully saturated rings. The van der Waals surface area contributed by atoms with Crippen LogP contribution in [0.25, 0.3) is 0 Å². The lowest BCUT2D eigenvalue weighted by atomic mass is 10.0. The summed E-state index contributed by atoms with van der Waals surface area (Å²) in [5, 5.41) is 12.9. The van der Waals surface area contributed by atoms with Crippen molar-refractivity contribution in [3.8, 4) is 5.75 Å². The number of nitrogen functional groups attached to an aromatic ring is 1. The molecule has 0 bridgehead atoms. The first-order valence-electron chi connectivity index (χ1n) is 11.3. The number of carbonyl (C=O) groups excluding carboxylic acids is 1. The largest absolute Gasteiger partial charge is 0.462 e. The van der Waals surface area contributed by atoms with Gasteiger partial charge in [0.15, 0.2) is 11.8 Å². The van der Waals surface area contributed by atoms with Crippen molar-refractivity contribution in [2.24, 2.45) is 0 Å². The molecule has 5 atom stereocenters. The fourth-order valence-electron chi connectivity index (χ4n) is 3.51. The summed E-state index contributed by atoms with van der Waals surface area (Å²) in [6, 6.07) is 7.75. The summed E-state index contributed by atoms with van der Waals surface area (Å²) < 4.78 is 64.4. The summed E-state index contributed by atoms with van der Waals surface area (Å²) >= 11 is 0. The number of aliphatic hydroxyl groups is 1.